The summed E-state index contributed by atoms with van der Waals surface area (Å²) in [5.41, 5.74) is 11.2. The fraction of sp³-hybridized carbons (Fsp3) is 0.200. The van der Waals surface area contributed by atoms with Crippen LogP contribution in [0.3, 0.4) is 0 Å². The Hall–Kier alpha value is -2.56. The molecule has 0 spiro atoms. The van der Waals surface area contributed by atoms with Gasteiger partial charge in [-0.15, -0.1) is 0 Å². The van der Waals surface area contributed by atoms with E-state index in [-0.39, 0.29) is 0 Å². The number of nitrogen functional groups attached to an aromatic ring is 1. The largest absolute Gasteiger partial charge is 0.397 e. The summed E-state index contributed by atoms with van der Waals surface area (Å²) in [6, 6.07) is 12.1. The van der Waals surface area contributed by atoms with Gasteiger partial charge in [0, 0.05) is 6.54 Å². The Morgan fingerprint density at radius 1 is 1.10 bits per heavy atom. The van der Waals surface area contributed by atoms with Crippen molar-refractivity contribution in [2.24, 2.45) is 0 Å². The first-order valence-corrected chi connectivity index (χ1v) is 6.55. The molecule has 0 fully saturated rings. The average Bonchev–Trinajstić information content (AvgIpc) is 2.94. The molecule has 0 saturated carbocycles. The molecule has 0 amide bonds. The summed E-state index contributed by atoms with van der Waals surface area (Å²) in [6.07, 6.45) is 0.948. The number of aryl methyl sites for hydroxylation is 1. The maximum atomic E-state index is 5.82. The quantitative estimate of drug-likeness (QED) is 0.711. The lowest BCUT2D eigenvalue weighted by Crippen LogP contribution is -2.06. The summed E-state index contributed by atoms with van der Waals surface area (Å²) in [5.74, 6) is 0. The zero-order chi connectivity index (χ0) is 13.9. The smallest absolute Gasteiger partial charge is 0.160 e. The summed E-state index contributed by atoms with van der Waals surface area (Å²) in [4.78, 5) is 0. The molecular formula is C15H16N4O. The molecule has 3 rings (SSSR count). The van der Waals surface area contributed by atoms with E-state index in [2.05, 4.69) is 46.8 Å². The molecule has 2 aromatic carbocycles. The first-order chi connectivity index (χ1) is 9.75. The van der Waals surface area contributed by atoms with E-state index in [0.29, 0.717) is 16.7 Å². The summed E-state index contributed by atoms with van der Waals surface area (Å²) in [7, 11) is 0. The zero-order valence-corrected chi connectivity index (χ0v) is 11.3. The number of hydrogen-bond donors (Lipinski definition) is 2. The van der Waals surface area contributed by atoms with E-state index in [0.717, 1.165) is 18.7 Å². The van der Waals surface area contributed by atoms with Crippen molar-refractivity contribution in [3.8, 4) is 0 Å². The Morgan fingerprint density at radius 2 is 1.90 bits per heavy atom. The molecule has 5 heteroatoms. The van der Waals surface area contributed by atoms with Crippen LogP contribution in [0, 0.1) is 6.92 Å². The monoisotopic (exact) mass is 268 g/mol. The summed E-state index contributed by atoms with van der Waals surface area (Å²) in [6.45, 7) is 2.94. The minimum absolute atomic E-state index is 0.575. The summed E-state index contributed by atoms with van der Waals surface area (Å²) in [5, 5.41) is 11.1. The molecule has 0 saturated heterocycles. The fourth-order valence-corrected chi connectivity index (χ4v) is 2.25. The third-order valence-corrected chi connectivity index (χ3v) is 3.42. The Labute approximate surface area is 116 Å². The molecule has 1 heterocycles. The number of hydrogen-bond acceptors (Lipinski definition) is 5. The van der Waals surface area contributed by atoms with Gasteiger partial charge >= 0.3 is 0 Å². The highest BCUT2D eigenvalue weighted by Crippen LogP contribution is 2.25. The second-order valence-corrected chi connectivity index (χ2v) is 4.77. The van der Waals surface area contributed by atoms with Crippen molar-refractivity contribution in [1.82, 2.24) is 10.3 Å². The van der Waals surface area contributed by atoms with Gasteiger partial charge in [0.05, 0.1) is 11.4 Å². The van der Waals surface area contributed by atoms with E-state index < -0.39 is 0 Å². The van der Waals surface area contributed by atoms with Crippen LogP contribution in [0.25, 0.3) is 11.0 Å². The number of aromatic nitrogens is 2. The fourth-order valence-electron chi connectivity index (χ4n) is 2.25. The van der Waals surface area contributed by atoms with Gasteiger partial charge in [-0.3, -0.25) is 0 Å². The molecule has 5 nitrogen and oxygen atoms in total. The molecule has 3 aromatic rings. The third kappa shape index (κ3) is 2.30. The van der Waals surface area contributed by atoms with Gasteiger partial charge in [-0.25, -0.2) is 4.63 Å². The van der Waals surface area contributed by atoms with Crippen molar-refractivity contribution >= 4 is 22.4 Å². The van der Waals surface area contributed by atoms with Gasteiger partial charge in [0.25, 0.3) is 0 Å². The Morgan fingerprint density at radius 3 is 2.75 bits per heavy atom. The number of nitrogens with zero attached hydrogens (tertiary/aromatic N) is 2. The number of rotatable bonds is 4. The highest BCUT2D eigenvalue weighted by atomic mass is 16.6. The number of anilines is 2. The molecular weight excluding hydrogens is 252 g/mol. The molecule has 1 aromatic heterocycles. The lowest BCUT2D eigenvalue weighted by atomic mass is 10.1. The van der Waals surface area contributed by atoms with Crippen LogP contribution in [0.2, 0.25) is 0 Å². The Kier molecular flexibility index (Phi) is 3.25. The van der Waals surface area contributed by atoms with E-state index in [4.69, 9.17) is 10.4 Å². The molecule has 0 aliphatic heterocycles. The highest BCUT2D eigenvalue weighted by molar-refractivity contribution is 5.94. The maximum absolute atomic E-state index is 5.82. The standard InChI is InChI=1S/C15H16N4O/c1-10-4-2-3-5-11(10)8-9-17-13-7-6-12(16)14-15(13)19-20-18-14/h2-7,17H,8-9,16H2,1H3. The predicted molar refractivity (Wildman–Crippen MR) is 79.6 cm³/mol. The van der Waals surface area contributed by atoms with Crippen LogP contribution < -0.4 is 11.1 Å². The van der Waals surface area contributed by atoms with Gasteiger partial charge in [0.1, 0.15) is 0 Å². The van der Waals surface area contributed by atoms with Gasteiger partial charge in [0.15, 0.2) is 11.0 Å². The second kappa shape index (κ2) is 5.21. The van der Waals surface area contributed by atoms with Gasteiger partial charge in [0.2, 0.25) is 0 Å². The van der Waals surface area contributed by atoms with Crippen LogP contribution in [-0.2, 0) is 6.42 Å². The third-order valence-electron chi connectivity index (χ3n) is 3.42. The van der Waals surface area contributed by atoms with Crippen molar-refractivity contribution in [1.29, 1.82) is 0 Å². The molecule has 20 heavy (non-hydrogen) atoms. The summed E-state index contributed by atoms with van der Waals surface area (Å²) >= 11 is 0. The van der Waals surface area contributed by atoms with Crippen molar-refractivity contribution in [2.45, 2.75) is 13.3 Å². The van der Waals surface area contributed by atoms with Crippen LogP contribution in [0.4, 0.5) is 11.4 Å². The molecule has 0 unspecified atom stereocenters. The van der Waals surface area contributed by atoms with Crippen LogP contribution >= 0.6 is 0 Å². The molecule has 0 bridgehead atoms. The lowest BCUT2D eigenvalue weighted by molar-refractivity contribution is 0.316. The average molecular weight is 268 g/mol. The first kappa shape index (κ1) is 12.5. The van der Waals surface area contributed by atoms with Crippen molar-refractivity contribution in [2.75, 3.05) is 17.6 Å². The van der Waals surface area contributed by atoms with E-state index in [1.165, 1.54) is 11.1 Å². The normalized spacial score (nSPS) is 10.8. The molecule has 0 aliphatic rings. The summed E-state index contributed by atoms with van der Waals surface area (Å²) < 4.78 is 4.75. The number of benzene rings is 2. The molecule has 102 valence electrons. The molecule has 0 aliphatic carbocycles. The Balaban J connectivity index is 1.73. The van der Waals surface area contributed by atoms with Gasteiger partial charge in [-0.1, -0.05) is 24.3 Å². The van der Waals surface area contributed by atoms with E-state index in [9.17, 15) is 0 Å². The topological polar surface area (TPSA) is 77.0 Å². The van der Waals surface area contributed by atoms with Crippen LogP contribution in [0.5, 0.6) is 0 Å². The number of nitrogens with one attached hydrogen (secondary N) is 1. The van der Waals surface area contributed by atoms with E-state index >= 15 is 0 Å². The minimum atomic E-state index is 0.575. The Bertz CT molecular complexity index is 736. The predicted octanol–water partition coefficient (Wildman–Crippen LogP) is 2.77. The molecule has 0 radical (unpaired) electrons. The van der Waals surface area contributed by atoms with Crippen molar-refractivity contribution in [3.63, 3.8) is 0 Å². The van der Waals surface area contributed by atoms with Crippen molar-refractivity contribution < 1.29 is 4.63 Å². The molecule has 0 atom stereocenters. The van der Waals surface area contributed by atoms with Crippen LogP contribution in [0.15, 0.2) is 41.0 Å². The van der Waals surface area contributed by atoms with Crippen LogP contribution in [0.1, 0.15) is 11.1 Å². The van der Waals surface area contributed by atoms with Crippen LogP contribution in [-0.4, -0.2) is 16.9 Å². The minimum Gasteiger partial charge on any atom is -0.397 e. The van der Waals surface area contributed by atoms with Crippen molar-refractivity contribution in [3.05, 3.63) is 47.5 Å². The molecule has 3 N–H and O–H groups in total. The van der Waals surface area contributed by atoms with E-state index in [1.54, 1.807) is 0 Å². The maximum Gasteiger partial charge on any atom is 0.160 e. The van der Waals surface area contributed by atoms with Gasteiger partial charge in [-0.05, 0) is 46.9 Å². The number of nitrogens with two attached hydrogens (primary N) is 1. The highest BCUT2D eigenvalue weighted by Gasteiger charge is 2.09. The zero-order valence-electron chi connectivity index (χ0n) is 11.3. The number of fused-ring (bicyclic) bond motifs is 1. The first-order valence-electron chi connectivity index (χ1n) is 6.55. The SMILES string of the molecule is Cc1ccccc1CCNc1ccc(N)c2nonc12. The lowest BCUT2D eigenvalue weighted by Gasteiger charge is -2.08. The van der Waals surface area contributed by atoms with E-state index in [1.807, 2.05) is 12.1 Å². The second-order valence-electron chi connectivity index (χ2n) is 4.77. The van der Waals surface area contributed by atoms with Gasteiger partial charge in [-0.2, -0.15) is 0 Å². The van der Waals surface area contributed by atoms with Gasteiger partial charge < -0.3 is 11.1 Å².